The predicted molar refractivity (Wildman–Crippen MR) is 381 cm³/mol. The number of aliphatic hydroxyl groups excluding tert-OH is 1. The number of hydrogen-bond donors (Lipinski definition) is 3. The number of phosphoric acid groups is 2. The Bertz CT molecular complexity index is 1850. The lowest BCUT2D eigenvalue weighted by molar-refractivity contribution is -0.161. The topological polar surface area (TPSA) is 237 Å². The monoisotopic (exact) mass is 1380 g/mol. The first-order valence-corrected chi connectivity index (χ1v) is 41.7. The largest absolute Gasteiger partial charge is 0.472 e. The molecule has 0 saturated heterocycles. The first-order valence-electron chi connectivity index (χ1n) is 38.7. The first-order chi connectivity index (χ1) is 45.1. The molecule has 0 saturated carbocycles. The van der Waals surface area contributed by atoms with Gasteiger partial charge in [0.15, 0.2) is 12.2 Å². The number of phosphoric ester groups is 2. The maximum Gasteiger partial charge on any atom is 0.472 e. The van der Waals surface area contributed by atoms with E-state index in [1.807, 2.05) is 0 Å². The molecule has 0 radical (unpaired) electrons. The van der Waals surface area contributed by atoms with E-state index in [1.165, 1.54) is 180 Å². The van der Waals surface area contributed by atoms with Gasteiger partial charge < -0.3 is 33.8 Å². The van der Waals surface area contributed by atoms with Gasteiger partial charge in [-0.2, -0.15) is 0 Å². The van der Waals surface area contributed by atoms with Crippen molar-refractivity contribution in [1.29, 1.82) is 0 Å². The van der Waals surface area contributed by atoms with Crippen molar-refractivity contribution < 1.29 is 80.2 Å². The second kappa shape index (κ2) is 64.4. The van der Waals surface area contributed by atoms with Crippen LogP contribution in [0.5, 0.6) is 0 Å². The Labute approximate surface area is 575 Å². The number of rotatable bonds is 72. The van der Waals surface area contributed by atoms with Gasteiger partial charge in [0.2, 0.25) is 0 Å². The lowest BCUT2D eigenvalue weighted by Gasteiger charge is -2.21. The van der Waals surface area contributed by atoms with Gasteiger partial charge in [-0.25, -0.2) is 9.13 Å². The van der Waals surface area contributed by atoms with Crippen molar-refractivity contribution in [2.24, 2.45) is 23.7 Å². The Hall–Kier alpha value is -1.94. The van der Waals surface area contributed by atoms with Gasteiger partial charge in [0.25, 0.3) is 0 Å². The van der Waals surface area contributed by atoms with Crippen LogP contribution in [-0.4, -0.2) is 96.7 Å². The predicted octanol–water partition coefficient (Wildman–Crippen LogP) is 21.7. The summed E-state index contributed by atoms with van der Waals surface area (Å²) in [5, 5.41) is 10.6. The molecule has 558 valence electrons. The van der Waals surface area contributed by atoms with Gasteiger partial charge in [0, 0.05) is 25.7 Å². The highest BCUT2D eigenvalue weighted by Gasteiger charge is 2.30. The number of carbonyl (C=O) groups is 4. The summed E-state index contributed by atoms with van der Waals surface area (Å²) in [7, 11) is -9.91. The van der Waals surface area contributed by atoms with Crippen LogP contribution in [-0.2, 0) is 65.4 Å². The Morgan fingerprint density at radius 2 is 0.511 bits per heavy atom. The van der Waals surface area contributed by atoms with E-state index < -0.39 is 97.5 Å². The number of unbranched alkanes of at least 4 members (excludes halogenated alkanes) is 37. The average Bonchev–Trinajstić information content (AvgIpc) is 3.10. The van der Waals surface area contributed by atoms with E-state index in [1.54, 1.807) is 0 Å². The molecular formula is C75H146O17P2. The van der Waals surface area contributed by atoms with Crippen molar-refractivity contribution in [1.82, 2.24) is 0 Å². The zero-order valence-corrected chi connectivity index (χ0v) is 63.4. The highest BCUT2D eigenvalue weighted by atomic mass is 31.2. The van der Waals surface area contributed by atoms with Gasteiger partial charge in [-0.15, -0.1) is 0 Å². The van der Waals surface area contributed by atoms with Crippen LogP contribution in [0.25, 0.3) is 0 Å². The molecule has 0 aromatic rings. The van der Waals surface area contributed by atoms with Crippen LogP contribution in [0, 0.1) is 23.7 Å². The molecular weight excluding hydrogens is 1230 g/mol. The number of hydrogen-bond acceptors (Lipinski definition) is 15. The highest BCUT2D eigenvalue weighted by Crippen LogP contribution is 2.45. The van der Waals surface area contributed by atoms with Gasteiger partial charge in [0.1, 0.15) is 19.3 Å². The molecule has 17 nitrogen and oxygen atoms in total. The molecule has 19 heteroatoms. The van der Waals surface area contributed by atoms with E-state index in [4.69, 9.17) is 37.0 Å². The van der Waals surface area contributed by atoms with Gasteiger partial charge in [-0.1, -0.05) is 325 Å². The molecule has 3 N–H and O–H groups in total. The summed E-state index contributed by atoms with van der Waals surface area (Å²) >= 11 is 0. The van der Waals surface area contributed by atoms with E-state index in [2.05, 4.69) is 55.4 Å². The zero-order valence-electron chi connectivity index (χ0n) is 61.6. The third-order valence-corrected chi connectivity index (χ3v) is 19.6. The molecule has 0 aliphatic rings. The number of aliphatic hydroxyl groups is 1. The van der Waals surface area contributed by atoms with E-state index in [9.17, 15) is 43.2 Å². The quantitative estimate of drug-likeness (QED) is 0.0222. The van der Waals surface area contributed by atoms with E-state index in [0.29, 0.717) is 25.7 Å². The molecule has 6 atom stereocenters. The van der Waals surface area contributed by atoms with Crippen molar-refractivity contribution in [3.8, 4) is 0 Å². The van der Waals surface area contributed by atoms with Gasteiger partial charge >= 0.3 is 39.5 Å². The summed E-state index contributed by atoms with van der Waals surface area (Å²) in [6.07, 6.45) is 48.7. The van der Waals surface area contributed by atoms with Gasteiger partial charge in [-0.3, -0.25) is 37.3 Å². The molecule has 0 aliphatic carbocycles. The van der Waals surface area contributed by atoms with Crippen molar-refractivity contribution in [3.63, 3.8) is 0 Å². The summed E-state index contributed by atoms with van der Waals surface area (Å²) in [6.45, 7) is 14.1. The molecule has 0 aliphatic heterocycles. The van der Waals surface area contributed by atoms with Crippen molar-refractivity contribution in [2.45, 2.75) is 395 Å². The first kappa shape index (κ1) is 92.1. The summed E-state index contributed by atoms with van der Waals surface area (Å²) < 4.78 is 68.5. The standard InChI is InChI=1S/C75H146O17P2/c1-9-68(8)54-46-38-33-34-42-50-58-75(80)92-71(62-86-73(78)56-48-40-31-26-25-29-37-45-53-67(6)7)64-90-94(83,84)88-60-69(76)59-87-93(81,82)89-63-70(91-74(79)57-49-41-32-24-20-16-12-14-18-22-28-36-44-52-66(4)5)61-85-72(77)55-47-39-30-23-19-15-11-10-13-17-21-27-35-43-51-65(2)3/h65-71,76H,9-64H2,1-8H3,(H,81,82)(H,83,84)/t68?,69?,70-,71-/m1/s1. The van der Waals surface area contributed by atoms with Crippen LogP contribution in [0.15, 0.2) is 0 Å². The van der Waals surface area contributed by atoms with Gasteiger partial charge in [-0.05, 0) is 49.4 Å². The third kappa shape index (κ3) is 67.3. The maximum atomic E-state index is 13.1. The summed E-state index contributed by atoms with van der Waals surface area (Å²) in [6, 6.07) is 0. The van der Waals surface area contributed by atoms with Crippen molar-refractivity contribution >= 4 is 39.5 Å². The number of esters is 4. The van der Waals surface area contributed by atoms with Gasteiger partial charge in [0.05, 0.1) is 26.4 Å². The summed E-state index contributed by atoms with van der Waals surface area (Å²) in [5.74, 6) is 0.907. The van der Waals surface area contributed by atoms with Crippen molar-refractivity contribution in [3.05, 3.63) is 0 Å². The maximum absolute atomic E-state index is 13.1. The van der Waals surface area contributed by atoms with Crippen LogP contribution in [0.1, 0.15) is 376 Å². The molecule has 94 heavy (non-hydrogen) atoms. The van der Waals surface area contributed by atoms with Crippen molar-refractivity contribution in [2.75, 3.05) is 39.6 Å². The van der Waals surface area contributed by atoms with Crippen LogP contribution in [0.2, 0.25) is 0 Å². The molecule has 0 amide bonds. The lowest BCUT2D eigenvalue weighted by atomic mass is 10.00. The fourth-order valence-electron chi connectivity index (χ4n) is 11.3. The Kier molecular flexibility index (Phi) is 63.1. The normalized spacial score (nSPS) is 14.4. The second-order valence-corrected chi connectivity index (χ2v) is 31.6. The molecule has 0 aromatic carbocycles. The van der Waals surface area contributed by atoms with Crippen LogP contribution in [0.4, 0.5) is 0 Å². The third-order valence-electron chi connectivity index (χ3n) is 17.7. The fourth-order valence-corrected chi connectivity index (χ4v) is 12.9. The van der Waals surface area contributed by atoms with Crippen LogP contribution < -0.4 is 0 Å². The molecule has 0 fully saturated rings. The lowest BCUT2D eigenvalue weighted by Crippen LogP contribution is -2.30. The second-order valence-electron chi connectivity index (χ2n) is 28.7. The molecule has 0 rings (SSSR count). The van der Waals surface area contributed by atoms with E-state index in [0.717, 1.165) is 114 Å². The Balaban J connectivity index is 5.24. The molecule has 4 unspecified atom stereocenters. The fraction of sp³-hybridized carbons (Fsp3) is 0.947. The minimum Gasteiger partial charge on any atom is -0.462 e. The molecule has 0 spiro atoms. The minimum atomic E-state index is -4.96. The molecule has 0 aromatic heterocycles. The number of carbonyl (C=O) groups excluding carboxylic acids is 4. The smallest absolute Gasteiger partial charge is 0.462 e. The number of ether oxygens (including phenoxy) is 4. The SMILES string of the molecule is CCC(C)CCCCCCCCC(=O)O[C@H](COC(=O)CCCCCCCCCCC(C)C)COP(=O)(O)OCC(O)COP(=O)(O)OC[C@@H](COC(=O)CCCCCCCCCCCCCCCCC(C)C)OC(=O)CCCCCCCCCCCCCCCC(C)C. The van der Waals surface area contributed by atoms with Crippen LogP contribution in [0.3, 0.4) is 0 Å². The molecule has 0 heterocycles. The Morgan fingerprint density at radius 1 is 0.298 bits per heavy atom. The summed E-state index contributed by atoms with van der Waals surface area (Å²) in [4.78, 5) is 72.7. The summed E-state index contributed by atoms with van der Waals surface area (Å²) in [5.41, 5.74) is 0. The molecule has 0 bridgehead atoms. The van der Waals surface area contributed by atoms with Crippen LogP contribution >= 0.6 is 15.6 Å². The zero-order chi connectivity index (χ0) is 69.6. The highest BCUT2D eigenvalue weighted by molar-refractivity contribution is 7.47. The van der Waals surface area contributed by atoms with E-state index >= 15 is 0 Å². The van der Waals surface area contributed by atoms with E-state index in [-0.39, 0.29) is 25.7 Å². The Morgan fingerprint density at radius 3 is 0.755 bits per heavy atom. The average molecular weight is 1380 g/mol. The minimum absolute atomic E-state index is 0.102.